The number of aromatic amines is 1. The van der Waals surface area contributed by atoms with Crippen LogP contribution in [0.25, 0.3) is 10.9 Å². The van der Waals surface area contributed by atoms with E-state index in [1.54, 1.807) is 31.2 Å². The van der Waals surface area contributed by atoms with Crippen LogP contribution in [0.4, 0.5) is 5.69 Å². The molecule has 132 valence electrons. The summed E-state index contributed by atoms with van der Waals surface area (Å²) in [6.07, 6.45) is 0. The molecule has 2 aromatic carbocycles. The van der Waals surface area contributed by atoms with Crippen LogP contribution in [0.5, 0.6) is 0 Å². The number of hydrogen-bond acceptors (Lipinski definition) is 4. The Bertz CT molecular complexity index is 967. The predicted octanol–water partition coefficient (Wildman–Crippen LogP) is 3.47. The third-order valence-corrected chi connectivity index (χ3v) is 3.89. The fourth-order valence-corrected chi connectivity index (χ4v) is 2.73. The molecule has 3 aromatic rings. The van der Waals surface area contributed by atoms with Crippen molar-refractivity contribution in [1.82, 2.24) is 10.3 Å². The van der Waals surface area contributed by atoms with Crippen LogP contribution in [0.1, 0.15) is 27.8 Å². The monoisotopic (exact) mass is 367 g/mol. The number of nitrogens with one attached hydrogen (secondary N) is 3. The van der Waals surface area contributed by atoms with Crippen LogP contribution in [0, 0.1) is 0 Å². The Morgan fingerprint density at radius 2 is 1.77 bits per heavy atom. The molecule has 3 rings (SSSR count). The van der Waals surface area contributed by atoms with Crippen LogP contribution in [-0.4, -0.2) is 28.6 Å². The average Bonchev–Trinajstić information content (AvgIpc) is 3.01. The van der Waals surface area contributed by atoms with Crippen molar-refractivity contribution in [2.45, 2.75) is 6.92 Å². The maximum absolute atomic E-state index is 12.2. The lowest BCUT2D eigenvalue weighted by atomic mass is 10.2. The molecule has 0 radical (unpaired) electrons. The predicted molar refractivity (Wildman–Crippen MR) is 104 cm³/mol. The topological polar surface area (TPSA) is 83.2 Å². The van der Waals surface area contributed by atoms with E-state index in [0.717, 1.165) is 10.9 Å². The molecule has 0 spiro atoms. The number of carbonyl (C=O) groups is 2. The normalized spacial score (nSPS) is 10.3. The summed E-state index contributed by atoms with van der Waals surface area (Å²) >= 11 is 5.24. The van der Waals surface area contributed by atoms with Crippen LogP contribution < -0.4 is 10.6 Å². The number of benzene rings is 2. The molecule has 6 nitrogen and oxygen atoms in total. The third kappa shape index (κ3) is 3.73. The lowest BCUT2D eigenvalue weighted by Crippen LogP contribution is -2.34. The molecule has 0 unspecified atom stereocenters. The minimum absolute atomic E-state index is 0.0918. The summed E-state index contributed by atoms with van der Waals surface area (Å²) in [7, 11) is 0. The first-order valence-corrected chi connectivity index (χ1v) is 8.46. The van der Waals surface area contributed by atoms with Gasteiger partial charge in [0.2, 0.25) is 0 Å². The molecule has 3 N–H and O–H groups in total. The van der Waals surface area contributed by atoms with Crippen LogP contribution in [0.2, 0.25) is 0 Å². The Morgan fingerprint density at radius 1 is 1.08 bits per heavy atom. The van der Waals surface area contributed by atoms with E-state index in [9.17, 15) is 9.59 Å². The lowest BCUT2D eigenvalue weighted by molar-refractivity contribution is 0.0521. The van der Waals surface area contributed by atoms with Crippen LogP contribution in [-0.2, 0) is 4.74 Å². The number of thiocarbonyl (C=S) groups is 1. The molecule has 1 heterocycles. The molecule has 0 atom stereocenters. The van der Waals surface area contributed by atoms with Gasteiger partial charge in [-0.3, -0.25) is 10.1 Å². The van der Waals surface area contributed by atoms with Crippen molar-refractivity contribution < 1.29 is 14.3 Å². The van der Waals surface area contributed by atoms with E-state index in [4.69, 9.17) is 17.0 Å². The fourth-order valence-electron chi connectivity index (χ4n) is 2.54. The molecule has 1 amide bonds. The van der Waals surface area contributed by atoms with Gasteiger partial charge in [0.25, 0.3) is 5.91 Å². The van der Waals surface area contributed by atoms with Gasteiger partial charge in [0.05, 0.1) is 12.3 Å². The molecular weight excluding hydrogens is 350 g/mol. The van der Waals surface area contributed by atoms with Gasteiger partial charge in [-0.2, -0.15) is 0 Å². The van der Waals surface area contributed by atoms with Crippen LogP contribution in [0.3, 0.4) is 0 Å². The zero-order valence-electron chi connectivity index (χ0n) is 14.0. The highest BCUT2D eigenvalue weighted by molar-refractivity contribution is 7.80. The number of H-pyrrole nitrogens is 1. The van der Waals surface area contributed by atoms with Gasteiger partial charge >= 0.3 is 5.97 Å². The van der Waals surface area contributed by atoms with E-state index in [0.29, 0.717) is 11.3 Å². The summed E-state index contributed by atoms with van der Waals surface area (Å²) in [4.78, 5) is 27.5. The molecule has 0 bridgehead atoms. The number of hydrogen-bond donors (Lipinski definition) is 3. The maximum atomic E-state index is 12.2. The number of fused-ring (bicyclic) bond motifs is 1. The van der Waals surface area contributed by atoms with E-state index >= 15 is 0 Å². The highest BCUT2D eigenvalue weighted by Gasteiger charge is 2.20. The number of para-hydroxylation sites is 1. The van der Waals surface area contributed by atoms with Gasteiger partial charge in [-0.05, 0) is 37.3 Å². The number of aromatic nitrogens is 1. The standard InChI is InChI=1S/C19H17N3O3S/c1-2-25-18(24)16-15(13-10-6-7-11-14(13)20-16)21-19(26)22-17(23)12-8-4-3-5-9-12/h3-11,20H,2H2,1H3,(H2,21,22,23,26). The fraction of sp³-hybridized carbons (Fsp3) is 0.105. The minimum atomic E-state index is -0.497. The molecule has 0 saturated heterocycles. The summed E-state index contributed by atoms with van der Waals surface area (Å²) < 4.78 is 5.09. The van der Waals surface area contributed by atoms with Crippen molar-refractivity contribution in [3.05, 3.63) is 65.9 Å². The van der Waals surface area contributed by atoms with E-state index in [-0.39, 0.29) is 23.3 Å². The first kappa shape index (κ1) is 17.6. The zero-order chi connectivity index (χ0) is 18.5. The number of amides is 1. The van der Waals surface area contributed by atoms with Gasteiger partial charge in [-0.25, -0.2) is 4.79 Å². The van der Waals surface area contributed by atoms with Crippen LogP contribution in [0.15, 0.2) is 54.6 Å². The molecule has 0 aliphatic carbocycles. The second-order valence-corrected chi connectivity index (χ2v) is 5.82. The Hall–Kier alpha value is -3.19. The lowest BCUT2D eigenvalue weighted by Gasteiger charge is -2.10. The number of anilines is 1. The van der Waals surface area contributed by atoms with Gasteiger partial charge < -0.3 is 15.0 Å². The SMILES string of the molecule is CCOC(=O)c1[nH]c2ccccc2c1NC(=S)NC(=O)c1ccccc1. The molecule has 7 heteroatoms. The molecule has 1 aromatic heterocycles. The molecular formula is C19H17N3O3S. The molecule has 26 heavy (non-hydrogen) atoms. The van der Waals surface area contributed by atoms with Gasteiger partial charge in [0.1, 0.15) is 5.69 Å². The summed E-state index contributed by atoms with van der Waals surface area (Å²) in [5.74, 6) is -0.830. The Labute approximate surface area is 155 Å². The average molecular weight is 367 g/mol. The summed E-state index contributed by atoms with van der Waals surface area (Å²) in [5.41, 5.74) is 1.97. The van der Waals surface area contributed by atoms with Crippen LogP contribution >= 0.6 is 12.2 Å². The van der Waals surface area contributed by atoms with Gasteiger partial charge in [0, 0.05) is 16.5 Å². The number of carbonyl (C=O) groups excluding carboxylic acids is 2. The number of esters is 1. The molecule has 0 fully saturated rings. The zero-order valence-corrected chi connectivity index (χ0v) is 14.9. The van der Waals surface area contributed by atoms with Gasteiger partial charge in [0.15, 0.2) is 5.11 Å². The molecule has 0 saturated carbocycles. The Kier molecular flexibility index (Phi) is 5.28. The van der Waals surface area contributed by atoms with Crippen molar-refractivity contribution in [2.75, 3.05) is 11.9 Å². The Morgan fingerprint density at radius 3 is 2.50 bits per heavy atom. The van der Waals surface area contributed by atoms with Crippen molar-refractivity contribution in [3.8, 4) is 0 Å². The third-order valence-electron chi connectivity index (χ3n) is 3.69. The second-order valence-electron chi connectivity index (χ2n) is 5.42. The summed E-state index contributed by atoms with van der Waals surface area (Å²) in [5, 5.41) is 6.42. The Balaban J connectivity index is 1.85. The highest BCUT2D eigenvalue weighted by Crippen LogP contribution is 2.28. The van der Waals surface area contributed by atoms with Crippen molar-refractivity contribution in [3.63, 3.8) is 0 Å². The van der Waals surface area contributed by atoms with Crippen molar-refractivity contribution in [1.29, 1.82) is 0 Å². The highest BCUT2D eigenvalue weighted by atomic mass is 32.1. The van der Waals surface area contributed by atoms with E-state index in [2.05, 4.69) is 15.6 Å². The van der Waals surface area contributed by atoms with Crippen molar-refractivity contribution in [2.24, 2.45) is 0 Å². The van der Waals surface area contributed by atoms with Crippen molar-refractivity contribution >= 4 is 45.8 Å². The maximum Gasteiger partial charge on any atom is 0.356 e. The van der Waals surface area contributed by atoms with E-state index in [1.807, 2.05) is 30.3 Å². The second kappa shape index (κ2) is 7.79. The molecule has 0 aliphatic heterocycles. The first-order chi connectivity index (χ1) is 12.6. The van der Waals surface area contributed by atoms with Gasteiger partial charge in [-0.15, -0.1) is 0 Å². The smallest absolute Gasteiger partial charge is 0.356 e. The largest absolute Gasteiger partial charge is 0.461 e. The number of ether oxygens (including phenoxy) is 1. The number of rotatable bonds is 4. The summed E-state index contributed by atoms with van der Waals surface area (Å²) in [6.45, 7) is 1.99. The van der Waals surface area contributed by atoms with E-state index in [1.165, 1.54) is 0 Å². The summed E-state index contributed by atoms with van der Waals surface area (Å²) in [6, 6.07) is 16.1. The van der Waals surface area contributed by atoms with E-state index < -0.39 is 5.97 Å². The first-order valence-electron chi connectivity index (χ1n) is 8.05. The van der Waals surface area contributed by atoms with Gasteiger partial charge in [-0.1, -0.05) is 36.4 Å². The minimum Gasteiger partial charge on any atom is -0.461 e. The molecule has 0 aliphatic rings. The quantitative estimate of drug-likeness (QED) is 0.486.